The van der Waals surface area contributed by atoms with Gasteiger partial charge in [0.1, 0.15) is 6.54 Å². The van der Waals surface area contributed by atoms with Crippen molar-refractivity contribution in [3.63, 3.8) is 0 Å². The van der Waals surface area contributed by atoms with Crippen LogP contribution in [0.15, 0.2) is 41.2 Å². The largest absolute Gasteiger partial charge is 0.336 e. The minimum atomic E-state index is -0.549. The number of hydrogen-bond donors (Lipinski definition) is 0. The Balaban J connectivity index is 1.83. The first kappa shape index (κ1) is 15.9. The van der Waals surface area contributed by atoms with E-state index in [-0.39, 0.29) is 23.8 Å². The third-order valence-electron chi connectivity index (χ3n) is 4.40. The van der Waals surface area contributed by atoms with E-state index in [4.69, 9.17) is 0 Å². The van der Waals surface area contributed by atoms with Crippen molar-refractivity contribution in [2.75, 3.05) is 6.54 Å². The molecule has 3 rings (SSSR count). The maximum Gasteiger partial charge on any atom is 0.288 e. The van der Waals surface area contributed by atoms with Gasteiger partial charge >= 0.3 is 0 Å². The molecule has 1 aliphatic rings. The summed E-state index contributed by atoms with van der Waals surface area (Å²) in [5.41, 5.74) is 1.94. The molecule has 7 nitrogen and oxygen atoms in total. The van der Waals surface area contributed by atoms with Gasteiger partial charge in [-0.05, 0) is 24.5 Å². The second kappa shape index (κ2) is 6.27. The van der Waals surface area contributed by atoms with Crippen LogP contribution in [-0.2, 0) is 24.3 Å². The summed E-state index contributed by atoms with van der Waals surface area (Å²) >= 11 is 0. The minimum absolute atomic E-state index is 0.161. The first-order valence-electron chi connectivity index (χ1n) is 7.67. The average molecular weight is 327 g/mol. The number of aromatic nitrogens is 1. The van der Waals surface area contributed by atoms with Gasteiger partial charge in [-0.15, -0.1) is 0 Å². The van der Waals surface area contributed by atoms with Gasteiger partial charge < -0.3 is 4.90 Å². The Morgan fingerprint density at radius 1 is 1.21 bits per heavy atom. The zero-order chi connectivity index (χ0) is 17.3. The van der Waals surface area contributed by atoms with Gasteiger partial charge in [-0.25, -0.2) is 0 Å². The molecule has 0 fully saturated rings. The van der Waals surface area contributed by atoms with Crippen LogP contribution in [0.4, 0.5) is 5.69 Å². The summed E-state index contributed by atoms with van der Waals surface area (Å²) in [6.45, 7) is 2.38. The van der Waals surface area contributed by atoms with Crippen molar-refractivity contribution in [2.24, 2.45) is 0 Å². The second-order valence-electron chi connectivity index (χ2n) is 5.82. The summed E-state index contributed by atoms with van der Waals surface area (Å²) in [7, 11) is 0. The number of rotatable bonds is 3. The minimum Gasteiger partial charge on any atom is -0.336 e. The maximum absolute atomic E-state index is 12.6. The second-order valence-corrected chi connectivity index (χ2v) is 5.82. The van der Waals surface area contributed by atoms with E-state index < -0.39 is 10.5 Å². The van der Waals surface area contributed by atoms with Gasteiger partial charge in [0.25, 0.3) is 11.2 Å². The molecule has 0 atom stereocenters. The Morgan fingerprint density at radius 3 is 2.62 bits per heavy atom. The van der Waals surface area contributed by atoms with Crippen molar-refractivity contribution in [2.45, 2.75) is 26.4 Å². The van der Waals surface area contributed by atoms with Gasteiger partial charge in [0.2, 0.25) is 5.91 Å². The zero-order valence-electron chi connectivity index (χ0n) is 13.3. The topological polar surface area (TPSA) is 85.5 Å². The number of fused-ring (bicyclic) bond motifs is 1. The molecule has 0 radical (unpaired) electrons. The molecule has 2 aromatic rings. The SMILES string of the molecule is Cc1c([N+](=O)[O-])ccc(=O)n1CC(=O)N1CCc2ccccc2C1. The lowest BCUT2D eigenvalue weighted by molar-refractivity contribution is -0.386. The van der Waals surface area contributed by atoms with Crippen LogP contribution >= 0.6 is 0 Å². The summed E-state index contributed by atoms with van der Waals surface area (Å²) in [5, 5.41) is 11.0. The van der Waals surface area contributed by atoms with Crippen LogP contribution in [0.5, 0.6) is 0 Å². The summed E-state index contributed by atoms with van der Waals surface area (Å²) in [4.78, 5) is 36.7. The van der Waals surface area contributed by atoms with Crippen LogP contribution in [0.3, 0.4) is 0 Å². The van der Waals surface area contributed by atoms with Crippen LogP contribution in [-0.4, -0.2) is 26.8 Å². The molecule has 2 heterocycles. The fourth-order valence-corrected chi connectivity index (χ4v) is 3.00. The van der Waals surface area contributed by atoms with E-state index in [2.05, 4.69) is 0 Å². The molecule has 1 aromatic heterocycles. The van der Waals surface area contributed by atoms with Gasteiger partial charge in [0.05, 0.1) is 10.6 Å². The summed E-state index contributed by atoms with van der Waals surface area (Å²) in [5.74, 6) is -0.213. The molecule has 0 bridgehead atoms. The van der Waals surface area contributed by atoms with Gasteiger partial charge in [-0.1, -0.05) is 24.3 Å². The maximum atomic E-state index is 12.6. The number of benzene rings is 1. The molecular weight excluding hydrogens is 310 g/mol. The monoisotopic (exact) mass is 327 g/mol. The van der Waals surface area contributed by atoms with Crippen molar-refractivity contribution in [3.05, 3.63) is 73.7 Å². The number of carbonyl (C=O) groups is 1. The van der Waals surface area contributed by atoms with E-state index in [0.717, 1.165) is 18.1 Å². The average Bonchev–Trinajstić information content (AvgIpc) is 2.57. The lowest BCUT2D eigenvalue weighted by Gasteiger charge is -2.29. The molecule has 1 amide bonds. The summed E-state index contributed by atoms with van der Waals surface area (Å²) in [6.07, 6.45) is 0.769. The summed E-state index contributed by atoms with van der Waals surface area (Å²) < 4.78 is 1.17. The lowest BCUT2D eigenvalue weighted by atomic mass is 10.00. The number of pyridine rings is 1. The lowest BCUT2D eigenvalue weighted by Crippen LogP contribution is -2.40. The van der Waals surface area contributed by atoms with Crippen LogP contribution in [0, 0.1) is 17.0 Å². The zero-order valence-corrected chi connectivity index (χ0v) is 13.3. The van der Waals surface area contributed by atoms with Crippen molar-refractivity contribution >= 4 is 11.6 Å². The summed E-state index contributed by atoms with van der Waals surface area (Å²) in [6, 6.07) is 10.2. The van der Waals surface area contributed by atoms with E-state index in [1.54, 1.807) is 4.90 Å². The van der Waals surface area contributed by atoms with E-state index in [0.29, 0.717) is 13.1 Å². The number of nitro groups is 1. The number of nitrogens with zero attached hydrogens (tertiary/aromatic N) is 3. The number of carbonyl (C=O) groups excluding carboxylic acids is 1. The van der Waals surface area contributed by atoms with Crippen molar-refractivity contribution < 1.29 is 9.72 Å². The molecular formula is C17H17N3O4. The van der Waals surface area contributed by atoms with Crippen LogP contribution in [0.25, 0.3) is 0 Å². The molecule has 1 aromatic carbocycles. The Morgan fingerprint density at radius 2 is 1.92 bits per heavy atom. The molecule has 0 unspecified atom stereocenters. The van der Waals surface area contributed by atoms with E-state index >= 15 is 0 Å². The predicted molar refractivity (Wildman–Crippen MR) is 87.7 cm³/mol. The highest BCUT2D eigenvalue weighted by atomic mass is 16.6. The fourth-order valence-electron chi connectivity index (χ4n) is 3.00. The molecule has 0 spiro atoms. The van der Waals surface area contributed by atoms with Gasteiger partial charge in [-0.3, -0.25) is 24.3 Å². The Hall–Kier alpha value is -2.96. The molecule has 0 saturated heterocycles. The van der Waals surface area contributed by atoms with Crippen molar-refractivity contribution in [1.82, 2.24) is 9.47 Å². The highest BCUT2D eigenvalue weighted by Gasteiger charge is 2.23. The molecule has 0 aliphatic carbocycles. The molecule has 1 aliphatic heterocycles. The highest BCUT2D eigenvalue weighted by molar-refractivity contribution is 5.76. The highest BCUT2D eigenvalue weighted by Crippen LogP contribution is 2.19. The van der Waals surface area contributed by atoms with E-state index in [1.807, 2.05) is 24.3 Å². The molecule has 0 saturated carbocycles. The molecule has 124 valence electrons. The smallest absolute Gasteiger partial charge is 0.288 e. The van der Waals surface area contributed by atoms with Gasteiger partial charge in [-0.2, -0.15) is 0 Å². The third-order valence-corrected chi connectivity index (χ3v) is 4.40. The third kappa shape index (κ3) is 2.92. The molecule has 24 heavy (non-hydrogen) atoms. The Labute approximate surface area is 138 Å². The van der Waals surface area contributed by atoms with E-state index in [1.165, 1.54) is 23.1 Å². The van der Waals surface area contributed by atoms with Gasteiger partial charge in [0.15, 0.2) is 0 Å². The van der Waals surface area contributed by atoms with Crippen LogP contribution < -0.4 is 5.56 Å². The quantitative estimate of drug-likeness (QED) is 0.634. The van der Waals surface area contributed by atoms with Gasteiger partial charge in [0, 0.05) is 25.2 Å². The standard InChI is InChI=1S/C17H17N3O4/c1-12-15(20(23)24)6-7-16(21)19(12)11-17(22)18-9-8-13-4-2-3-5-14(13)10-18/h2-7H,8-11H2,1H3. The number of hydrogen-bond acceptors (Lipinski definition) is 4. The first-order chi connectivity index (χ1) is 11.5. The Kier molecular flexibility index (Phi) is 4.16. The van der Waals surface area contributed by atoms with Crippen LogP contribution in [0.1, 0.15) is 16.8 Å². The molecule has 7 heteroatoms. The molecule has 0 N–H and O–H groups in total. The van der Waals surface area contributed by atoms with Crippen LogP contribution in [0.2, 0.25) is 0 Å². The first-order valence-corrected chi connectivity index (χ1v) is 7.67. The van der Waals surface area contributed by atoms with E-state index in [9.17, 15) is 19.7 Å². The van der Waals surface area contributed by atoms with Crippen molar-refractivity contribution in [3.8, 4) is 0 Å². The Bertz CT molecular complexity index is 872. The fraction of sp³-hybridized carbons (Fsp3) is 0.294. The normalized spacial score (nSPS) is 13.5. The predicted octanol–water partition coefficient (Wildman–Crippen LogP) is 1.65. The van der Waals surface area contributed by atoms with Crippen molar-refractivity contribution in [1.29, 1.82) is 0 Å². The number of amides is 1.